The predicted molar refractivity (Wildman–Crippen MR) is 88.8 cm³/mol. The van der Waals surface area contributed by atoms with Gasteiger partial charge in [-0.05, 0) is 18.9 Å². The minimum Gasteiger partial charge on any atom is -0.396 e. The lowest BCUT2D eigenvalue weighted by molar-refractivity contribution is -0.130. The second kappa shape index (κ2) is 11.1. The number of hydrogen-bond acceptors (Lipinski definition) is 5. The summed E-state index contributed by atoms with van der Waals surface area (Å²) in [6.07, 6.45) is 0.157. The second-order valence-corrected chi connectivity index (χ2v) is 5.54. The van der Waals surface area contributed by atoms with Crippen LogP contribution in [0.3, 0.4) is 0 Å². The maximum atomic E-state index is 12.2. The summed E-state index contributed by atoms with van der Waals surface area (Å²) in [4.78, 5) is 14.2. The van der Waals surface area contributed by atoms with Gasteiger partial charge >= 0.3 is 0 Å². The molecular formula is C17H28N2O4. The van der Waals surface area contributed by atoms with Gasteiger partial charge in [-0.1, -0.05) is 30.3 Å². The van der Waals surface area contributed by atoms with E-state index in [0.29, 0.717) is 19.5 Å². The van der Waals surface area contributed by atoms with Crippen LogP contribution in [0.5, 0.6) is 0 Å². The van der Waals surface area contributed by atoms with E-state index >= 15 is 0 Å². The molecule has 1 rings (SSSR count). The molecule has 6 heteroatoms. The van der Waals surface area contributed by atoms with E-state index in [1.54, 1.807) is 14.2 Å². The fraction of sp³-hybridized carbons (Fsp3) is 0.588. The van der Waals surface area contributed by atoms with Crippen LogP contribution in [0, 0.1) is 0 Å². The Hall–Kier alpha value is -1.47. The highest BCUT2D eigenvalue weighted by Crippen LogP contribution is 2.07. The first-order chi connectivity index (χ1) is 11.1. The molecule has 0 radical (unpaired) electrons. The summed E-state index contributed by atoms with van der Waals surface area (Å²) in [6, 6.07) is 9.90. The Balaban J connectivity index is 2.64. The van der Waals surface area contributed by atoms with E-state index in [4.69, 9.17) is 14.6 Å². The van der Waals surface area contributed by atoms with Gasteiger partial charge in [-0.25, -0.2) is 0 Å². The zero-order chi connectivity index (χ0) is 17.1. The molecule has 0 bridgehead atoms. The van der Waals surface area contributed by atoms with E-state index in [-0.39, 0.29) is 31.4 Å². The van der Waals surface area contributed by atoms with Crippen molar-refractivity contribution in [2.45, 2.75) is 32.2 Å². The van der Waals surface area contributed by atoms with Crippen LogP contribution in [0.15, 0.2) is 30.3 Å². The summed E-state index contributed by atoms with van der Waals surface area (Å²) in [6.45, 7) is 3.30. The Bertz CT molecular complexity index is 437. The fourth-order valence-electron chi connectivity index (χ4n) is 2.27. The van der Waals surface area contributed by atoms with E-state index in [0.717, 1.165) is 5.56 Å². The van der Waals surface area contributed by atoms with Crippen molar-refractivity contribution in [2.75, 3.05) is 33.9 Å². The Labute approximate surface area is 138 Å². The summed E-state index contributed by atoms with van der Waals surface area (Å²) in [5, 5.41) is 11.8. The molecule has 0 aliphatic carbocycles. The highest BCUT2D eigenvalue weighted by Gasteiger charge is 2.17. The number of hydrogen-bond donors (Lipinski definition) is 2. The van der Waals surface area contributed by atoms with Crippen molar-refractivity contribution >= 4 is 5.91 Å². The number of rotatable bonds is 11. The van der Waals surface area contributed by atoms with E-state index in [1.165, 1.54) is 0 Å². The van der Waals surface area contributed by atoms with Gasteiger partial charge in [0.25, 0.3) is 0 Å². The fourth-order valence-corrected chi connectivity index (χ4v) is 2.27. The van der Waals surface area contributed by atoms with Crippen LogP contribution < -0.4 is 5.32 Å². The van der Waals surface area contributed by atoms with E-state index in [1.807, 2.05) is 42.2 Å². The molecule has 0 aliphatic heterocycles. The van der Waals surface area contributed by atoms with Crippen molar-refractivity contribution in [1.29, 1.82) is 0 Å². The third-order valence-corrected chi connectivity index (χ3v) is 3.52. The average molecular weight is 324 g/mol. The molecule has 0 spiro atoms. The Morgan fingerprint density at radius 1 is 1.26 bits per heavy atom. The molecule has 0 saturated carbocycles. The first kappa shape index (κ1) is 19.6. The molecule has 1 aromatic carbocycles. The Morgan fingerprint density at radius 2 is 1.91 bits per heavy atom. The summed E-state index contributed by atoms with van der Waals surface area (Å²) in [5.41, 5.74) is 1.12. The molecule has 1 aromatic rings. The molecule has 0 aromatic heterocycles. The van der Waals surface area contributed by atoms with Crippen molar-refractivity contribution in [2.24, 2.45) is 0 Å². The highest BCUT2D eigenvalue weighted by atomic mass is 16.7. The smallest absolute Gasteiger partial charge is 0.234 e. The van der Waals surface area contributed by atoms with Crippen LogP contribution in [0.2, 0.25) is 0 Å². The van der Waals surface area contributed by atoms with Crippen LogP contribution in [-0.4, -0.2) is 62.2 Å². The standard InChI is InChI=1S/C17H28N2O4/c1-14(9-10-20)18-16(21)12-19(13-17(22-2)23-3)11-15-7-5-4-6-8-15/h4-8,14,17,20H,9-13H2,1-3H3,(H,18,21)/t14-/m1/s1. The lowest BCUT2D eigenvalue weighted by Gasteiger charge is -2.26. The number of methoxy groups -OCH3 is 2. The number of amides is 1. The van der Waals surface area contributed by atoms with Gasteiger partial charge in [0.15, 0.2) is 6.29 Å². The number of carbonyl (C=O) groups is 1. The van der Waals surface area contributed by atoms with Crippen LogP contribution in [0.25, 0.3) is 0 Å². The monoisotopic (exact) mass is 324 g/mol. The molecule has 0 unspecified atom stereocenters. The van der Waals surface area contributed by atoms with Crippen molar-refractivity contribution in [3.63, 3.8) is 0 Å². The quantitative estimate of drug-likeness (QED) is 0.594. The number of nitrogens with zero attached hydrogens (tertiary/aromatic N) is 1. The van der Waals surface area contributed by atoms with Gasteiger partial charge in [-0.3, -0.25) is 9.69 Å². The zero-order valence-corrected chi connectivity index (χ0v) is 14.2. The molecule has 1 amide bonds. The maximum absolute atomic E-state index is 12.2. The van der Waals surface area contributed by atoms with Gasteiger partial charge in [0.05, 0.1) is 13.1 Å². The molecule has 1 atom stereocenters. The summed E-state index contributed by atoms with van der Waals surface area (Å²) in [5.74, 6) is -0.0761. The van der Waals surface area contributed by atoms with Crippen LogP contribution in [-0.2, 0) is 20.8 Å². The van der Waals surface area contributed by atoms with Gasteiger partial charge in [0.2, 0.25) is 5.91 Å². The van der Waals surface area contributed by atoms with E-state index < -0.39 is 0 Å². The average Bonchev–Trinajstić information content (AvgIpc) is 2.53. The molecular weight excluding hydrogens is 296 g/mol. The molecule has 130 valence electrons. The van der Waals surface area contributed by atoms with E-state index in [2.05, 4.69) is 5.32 Å². The van der Waals surface area contributed by atoms with Gasteiger partial charge in [-0.2, -0.15) is 0 Å². The molecule has 0 fully saturated rings. The van der Waals surface area contributed by atoms with Crippen molar-refractivity contribution < 1.29 is 19.4 Å². The first-order valence-corrected chi connectivity index (χ1v) is 7.81. The molecule has 0 heterocycles. The number of carbonyl (C=O) groups excluding carboxylic acids is 1. The van der Waals surface area contributed by atoms with Crippen molar-refractivity contribution in [1.82, 2.24) is 10.2 Å². The normalized spacial score (nSPS) is 12.6. The first-order valence-electron chi connectivity index (χ1n) is 7.81. The molecule has 6 nitrogen and oxygen atoms in total. The number of ether oxygens (including phenoxy) is 2. The van der Waals surface area contributed by atoms with Gasteiger partial charge < -0.3 is 19.9 Å². The third-order valence-electron chi connectivity index (χ3n) is 3.52. The lowest BCUT2D eigenvalue weighted by Crippen LogP contribution is -2.44. The molecule has 0 saturated heterocycles. The molecule has 0 aliphatic rings. The van der Waals surface area contributed by atoms with Crippen LogP contribution in [0.1, 0.15) is 18.9 Å². The van der Waals surface area contributed by atoms with Gasteiger partial charge in [0, 0.05) is 33.4 Å². The molecule has 23 heavy (non-hydrogen) atoms. The summed E-state index contributed by atoms with van der Waals surface area (Å²) >= 11 is 0. The highest BCUT2D eigenvalue weighted by molar-refractivity contribution is 5.78. The predicted octanol–water partition coefficient (Wildman–Crippen LogP) is 0.995. The number of nitrogens with one attached hydrogen (secondary N) is 1. The minimum absolute atomic E-state index is 0.0493. The lowest BCUT2D eigenvalue weighted by atomic mass is 10.2. The summed E-state index contributed by atoms with van der Waals surface area (Å²) < 4.78 is 10.5. The maximum Gasteiger partial charge on any atom is 0.234 e. The Morgan fingerprint density at radius 3 is 2.48 bits per heavy atom. The van der Waals surface area contributed by atoms with Crippen LogP contribution >= 0.6 is 0 Å². The largest absolute Gasteiger partial charge is 0.396 e. The SMILES string of the molecule is COC(CN(CC(=O)N[C@H](C)CCO)Cc1ccccc1)OC. The van der Waals surface area contributed by atoms with Gasteiger partial charge in [0.1, 0.15) is 0 Å². The topological polar surface area (TPSA) is 71.0 Å². The number of aliphatic hydroxyl groups is 1. The number of benzene rings is 1. The molecule has 2 N–H and O–H groups in total. The van der Waals surface area contributed by atoms with Gasteiger partial charge in [-0.15, -0.1) is 0 Å². The summed E-state index contributed by atoms with van der Waals surface area (Å²) in [7, 11) is 3.16. The number of aliphatic hydroxyl groups excluding tert-OH is 1. The minimum atomic E-state index is -0.388. The zero-order valence-electron chi connectivity index (χ0n) is 14.2. The van der Waals surface area contributed by atoms with Crippen LogP contribution in [0.4, 0.5) is 0 Å². The van der Waals surface area contributed by atoms with Crippen molar-refractivity contribution in [3.8, 4) is 0 Å². The third kappa shape index (κ3) is 8.08. The van der Waals surface area contributed by atoms with Crippen molar-refractivity contribution in [3.05, 3.63) is 35.9 Å². The Kier molecular flexibility index (Phi) is 9.47. The second-order valence-electron chi connectivity index (χ2n) is 5.54. The van der Waals surface area contributed by atoms with E-state index in [9.17, 15) is 4.79 Å².